The summed E-state index contributed by atoms with van der Waals surface area (Å²) >= 11 is 0. The van der Waals surface area contributed by atoms with Gasteiger partial charge in [0.1, 0.15) is 11.1 Å². The van der Waals surface area contributed by atoms with Crippen LogP contribution < -0.4 is 15.9 Å². The van der Waals surface area contributed by atoms with Gasteiger partial charge in [-0.05, 0) is 41.9 Å². The van der Waals surface area contributed by atoms with E-state index in [9.17, 15) is 4.79 Å². The third-order valence-corrected chi connectivity index (χ3v) is 9.28. The zero-order chi connectivity index (χ0) is 20.8. The minimum absolute atomic E-state index is 0.293. The largest absolute Gasteiger partial charge is 0.464 e. The van der Waals surface area contributed by atoms with Crippen LogP contribution in [0.25, 0.3) is 0 Å². The van der Waals surface area contributed by atoms with Gasteiger partial charge in [-0.25, -0.2) is 4.79 Å². The van der Waals surface area contributed by atoms with Gasteiger partial charge in [0.2, 0.25) is 0 Å². The van der Waals surface area contributed by atoms with Crippen molar-refractivity contribution in [2.75, 3.05) is 6.61 Å². The van der Waals surface area contributed by atoms with Crippen molar-refractivity contribution in [3.63, 3.8) is 0 Å². The van der Waals surface area contributed by atoms with E-state index in [2.05, 4.69) is 36.4 Å². The fourth-order valence-corrected chi connectivity index (χ4v) is 8.13. The summed E-state index contributed by atoms with van der Waals surface area (Å²) in [5.41, 5.74) is 0. The molecule has 4 aromatic rings. The standard InChI is InChI=1S/C26H23O3P/c1-2-28-26(27)25(24-19-12-20-29-24)30(21-13-6-3-7-14-21,22-15-8-4-9-16-22)23-17-10-5-11-18-23/h3-20H,2H2,1H3. The number of hydrogen-bond acceptors (Lipinski definition) is 3. The molecule has 0 aliphatic heterocycles. The maximum atomic E-state index is 13.5. The first-order valence-corrected chi connectivity index (χ1v) is 11.7. The number of furan rings is 1. The predicted molar refractivity (Wildman–Crippen MR) is 125 cm³/mol. The predicted octanol–water partition coefficient (Wildman–Crippen LogP) is 4.36. The number of benzene rings is 3. The first kappa shape index (κ1) is 20.0. The van der Waals surface area contributed by atoms with E-state index < -0.39 is 6.89 Å². The smallest absolute Gasteiger partial charge is 0.343 e. The van der Waals surface area contributed by atoms with E-state index in [1.165, 1.54) is 0 Å². The molecule has 0 aliphatic carbocycles. The molecule has 3 nitrogen and oxygen atoms in total. The lowest BCUT2D eigenvalue weighted by molar-refractivity contribution is -0.134. The lowest BCUT2D eigenvalue weighted by Crippen LogP contribution is -2.34. The molecule has 0 fully saturated rings. The molecule has 4 heteroatoms. The van der Waals surface area contributed by atoms with Crippen molar-refractivity contribution in [2.45, 2.75) is 6.92 Å². The maximum Gasteiger partial charge on any atom is 0.343 e. The summed E-state index contributed by atoms with van der Waals surface area (Å²) in [7, 11) is 0. The Kier molecular flexibility index (Phi) is 6.02. The van der Waals surface area contributed by atoms with E-state index in [1.807, 2.05) is 73.7 Å². The Labute approximate surface area is 176 Å². The Hall–Kier alpha value is -3.29. The highest BCUT2D eigenvalue weighted by Crippen LogP contribution is 2.47. The second-order valence-electron chi connectivity index (χ2n) is 6.72. The minimum Gasteiger partial charge on any atom is -0.464 e. The van der Waals surface area contributed by atoms with Crippen LogP contribution in [0.2, 0.25) is 0 Å². The molecule has 0 unspecified atom stereocenters. The van der Waals surface area contributed by atoms with E-state index in [-0.39, 0.29) is 5.97 Å². The molecule has 0 N–H and O–H groups in total. The van der Waals surface area contributed by atoms with Gasteiger partial charge in [0.25, 0.3) is 0 Å². The van der Waals surface area contributed by atoms with Gasteiger partial charge in [0, 0.05) is 0 Å². The number of hydrogen-bond donors (Lipinski definition) is 0. The number of esters is 1. The van der Waals surface area contributed by atoms with Crippen molar-refractivity contribution in [3.8, 4) is 0 Å². The summed E-state index contributed by atoms with van der Waals surface area (Å²) in [5.74, 6) is 0.190. The molecule has 0 bridgehead atoms. The Bertz CT molecular complexity index is 1050. The highest BCUT2D eigenvalue weighted by Gasteiger charge is 2.35. The van der Waals surface area contributed by atoms with Gasteiger partial charge in [-0.2, -0.15) is 0 Å². The number of carbonyl (C=O) groups excluding carboxylic acids is 1. The van der Waals surface area contributed by atoms with Crippen LogP contribution in [0, 0.1) is 0 Å². The summed E-state index contributed by atoms with van der Waals surface area (Å²) in [5, 5.41) is 3.78. The summed E-state index contributed by atoms with van der Waals surface area (Å²) in [6, 6.07) is 34.3. The lowest BCUT2D eigenvalue weighted by atomic mass is 10.3. The van der Waals surface area contributed by atoms with Crippen LogP contribution in [0.4, 0.5) is 0 Å². The van der Waals surface area contributed by atoms with Crippen molar-refractivity contribution >= 4 is 34.1 Å². The summed E-state index contributed by atoms with van der Waals surface area (Å²) in [4.78, 5) is 13.5. The van der Waals surface area contributed by atoms with Crippen LogP contribution in [0.5, 0.6) is 0 Å². The van der Waals surface area contributed by atoms with Crippen molar-refractivity contribution in [2.24, 2.45) is 0 Å². The third kappa shape index (κ3) is 3.53. The van der Waals surface area contributed by atoms with E-state index in [4.69, 9.17) is 9.15 Å². The van der Waals surface area contributed by atoms with Gasteiger partial charge in [-0.1, -0.05) is 91.0 Å². The van der Waals surface area contributed by atoms with E-state index >= 15 is 0 Å². The molecule has 1 heterocycles. The highest BCUT2D eigenvalue weighted by atomic mass is 31.2. The molecule has 0 aliphatic rings. The van der Waals surface area contributed by atoms with E-state index in [1.54, 1.807) is 6.26 Å². The van der Waals surface area contributed by atoms with Crippen LogP contribution in [0.1, 0.15) is 12.7 Å². The molecular formula is C26H23O3P. The number of carbonyl (C=O) groups is 1. The van der Waals surface area contributed by atoms with Crippen LogP contribution in [0.3, 0.4) is 0 Å². The fraction of sp³-hybridized carbons (Fsp3) is 0.0769. The van der Waals surface area contributed by atoms with Crippen LogP contribution >= 0.6 is 6.89 Å². The zero-order valence-electron chi connectivity index (χ0n) is 16.8. The topological polar surface area (TPSA) is 39.4 Å². The molecule has 30 heavy (non-hydrogen) atoms. The lowest BCUT2D eigenvalue weighted by Gasteiger charge is -2.31. The average molecular weight is 414 g/mol. The van der Waals surface area contributed by atoms with Crippen molar-refractivity contribution in [3.05, 3.63) is 115 Å². The van der Waals surface area contributed by atoms with Gasteiger partial charge >= 0.3 is 5.97 Å². The minimum atomic E-state index is -2.59. The maximum absolute atomic E-state index is 13.5. The highest BCUT2D eigenvalue weighted by molar-refractivity contribution is 7.96. The molecule has 3 aromatic carbocycles. The summed E-state index contributed by atoms with van der Waals surface area (Å²) in [6.45, 7) is -0.472. The van der Waals surface area contributed by atoms with Crippen molar-refractivity contribution in [1.82, 2.24) is 0 Å². The SMILES string of the molecule is CCOC(=O)C(c1ccco1)=P(c1ccccc1)(c1ccccc1)c1ccccc1. The van der Waals surface area contributed by atoms with Crippen LogP contribution in [0.15, 0.2) is 114 Å². The average Bonchev–Trinajstić information content (AvgIpc) is 3.33. The van der Waals surface area contributed by atoms with Gasteiger partial charge in [-0.3, -0.25) is 0 Å². The molecule has 0 saturated carbocycles. The molecule has 4 rings (SSSR count). The third-order valence-electron chi connectivity index (χ3n) is 4.99. The Morgan fingerprint density at radius 2 is 1.20 bits per heavy atom. The van der Waals surface area contributed by atoms with E-state index in [0.717, 1.165) is 15.9 Å². The Balaban J connectivity index is 2.28. The molecule has 0 amide bonds. The Morgan fingerprint density at radius 3 is 1.57 bits per heavy atom. The quantitative estimate of drug-likeness (QED) is 0.348. The summed E-state index contributed by atoms with van der Waals surface area (Å²) in [6.07, 6.45) is 1.60. The molecule has 0 radical (unpaired) electrons. The van der Waals surface area contributed by atoms with Crippen molar-refractivity contribution < 1.29 is 13.9 Å². The first-order valence-electron chi connectivity index (χ1n) is 9.93. The molecular weight excluding hydrogens is 391 g/mol. The van der Waals surface area contributed by atoms with Crippen LogP contribution in [-0.4, -0.2) is 17.9 Å². The number of rotatable bonds is 6. The molecule has 0 spiro atoms. The second kappa shape index (κ2) is 9.02. The normalized spacial score (nSPS) is 11.1. The first-order chi connectivity index (χ1) is 14.8. The van der Waals surface area contributed by atoms with Crippen molar-refractivity contribution in [1.29, 1.82) is 0 Å². The van der Waals surface area contributed by atoms with Gasteiger partial charge in [0.15, 0.2) is 0 Å². The van der Waals surface area contributed by atoms with Gasteiger partial charge in [0.05, 0.1) is 12.9 Å². The van der Waals surface area contributed by atoms with Gasteiger partial charge in [-0.15, -0.1) is 0 Å². The zero-order valence-corrected chi connectivity index (χ0v) is 17.7. The van der Waals surface area contributed by atoms with Crippen LogP contribution in [-0.2, 0) is 9.53 Å². The second-order valence-corrected chi connectivity index (χ2v) is 10.1. The Morgan fingerprint density at radius 1 is 0.733 bits per heavy atom. The summed E-state index contributed by atoms with van der Waals surface area (Å²) < 4.78 is 11.4. The molecule has 1 aromatic heterocycles. The molecule has 0 saturated heterocycles. The monoisotopic (exact) mass is 414 g/mol. The van der Waals surface area contributed by atoms with Gasteiger partial charge < -0.3 is 9.15 Å². The molecule has 0 atom stereocenters. The molecule has 150 valence electrons. The fourth-order valence-electron chi connectivity index (χ4n) is 3.80. The van der Waals surface area contributed by atoms with E-state index in [0.29, 0.717) is 17.7 Å². The number of ether oxygens (including phenoxy) is 1.